The van der Waals surface area contributed by atoms with Crippen molar-refractivity contribution < 1.29 is 24.2 Å². The summed E-state index contributed by atoms with van der Waals surface area (Å²) in [6, 6.07) is 6.56. The summed E-state index contributed by atoms with van der Waals surface area (Å²) < 4.78 is 6.82. The second-order valence-electron chi connectivity index (χ2n) is 7.63. The monoisotopic (exact) mass is 493 g/mol. The number of ether oxygens (including phenoxy) is 1. The number of fused-ring (bicyclic) bond motifs is 1. The number of benzene rings is 1. The first kappa shape index (κ1) is 25.1. The first-order chi connectivity index (χ1) is 15.7. The van der Waals surface area contributed by atoms with Crippen LogP contribution in [0.3, 0.4) is 0 Å². The highest BCUT2D eigenvalue weighted by Gasteiger charge is 2.57. The van der Waals surface area contributed by atoms with Gasteiger partial charge in [0.05, 0.1) is 23.8 Å². The zero-order valence-electron chi connectivity index (χ0n) is 18.3. The lowest BCUT2D eigenvalue weighted by Crippen LogP contribution is -2.61. The summed E-state index contributed by atoms with van der Waals surface area (Å²) in [4.78, 5) is 39.9. The van der Waals surface area contributed by atoms with Crippen molar-refractivity contribution in [3.05, 3.63) is 40.4 Å². The van der Waals surface area contributed by atoms with Gasteiger partial charge >= 0.3 is 5.97 Å². The van der Waals surface area contributed by atoms with Crippen LogP contribution < -0.4 is 15.8 Å². The largest absolute Gasteiger partial charge is 0.456 e. The van der Waals surface area contributed by atoms with E-state index in [-0.39, 0.29) is 35.3 Å². The van der Waals surface area contributed by atoms with Gasteiger partial charge in [0.25, 0.3) is 0 Å². The van der Waals surface area contributed by atoms with Gasteiger partial charge in [0.2, 0.25) is 11.8 Å². The molecule has 2 aliphatic rings. The lowest BCUT2D eigenvalue weighted by Gasteiger charge is -2.44. The molecule has 2 heterocycles. The molecule has 1 saturated heterocycles. The van der Waals surface area contributed by atoms with Crippen LogP contribution in [-0.4, -0.2) is 57.4 Å². The molecule has 33 heavy (non-hydrogen) atoms. The molecule has 3 atom stereocenters. The third-order valence-corrected chi connectivity index (χ3v) is 7.30. The number of amidine groups is 1. The molecule has 0 radical (unpaired) electrons. The number of amides is 2. The van der Waals surface area contributed by atoms with Gasteiger partial charge in [0.1, 0.15) is 12.3 Å². The van der Waals surface area contributed by atoms with E-state index >= 15 is 0 Å². The Bertz CT molecular complexity index is 999. The highest BCUT2D eigenvalue weighted by Crippen LogP contribution is 2.47. The molecular formula is C21H27N5O5S2. The third-order valence-electron chi connectivity index (χ3n) is 5.32. The summed E-state index contributed by atoms with van der Waals surface area (Å²) in [5, 5.41) is 17.2. The number of aliphatic hydroxyl groups is 1. The number of nitrogens with zero attached hydrogens (tertiary/aromatic N) is 2. The lowest BCUT2D eigenvalue weighted by atomic mass is 9.83. The fraction of sp³-hybridized carbons (Fsp3) is 0.429. The van der Waals surface area contributed by atoms with Crippen LogP contribution in [0.5, 0.6) is 0 Å². The van der Waals surface area contributed by atoms with Crippen LogP contribution in [0.25, 0.3) is 0 Å². The maximum Gasteiger partial charge on any atom is 0.356 e. The predicted octanol–water partition coefficient (Wildman–Crippen LogP) is 1.14. The zero-order valence-corrected chi connectivity index (χ0v) is 19.9. The fourth-order valence-electron chi connectivity index (χ4n) is 3.96. The Hall–Kier alpha value is -2.54. The smallest absolute Gasteiger partial charge is 0.356 e. The summed E-state index contributed by atoms with van der Waals surface area (Å²) in [7, 11) is 0. The van der Waals surface area contributed by atoms with Gasteiger partial charge in [-0.05, 0) is 13.0 Å². The van der Waals surface area contributed by atoms with Crippen molar-refractivity contribution in [2.45, 2.75) is 39.0 Å². The topological polar surface area (TPSA) is 163 Å². The second kappa shape index (κ2) is 10.6. The standard InChI is InChI=1S/C21H27N5O5S2/c1-11(27)17-15-9-16(32-8-7-22)18(25(15)19(17)29)20(30)31-10-13-5-3-4-6-14(13)26(12(2)28)33-21(23)24/h3-6,11,15,17,27H,7-10,22H2,1-2H3,(H3,23,24)/t11-,15-,17-/m1/s1. The minimum atomic E-state index is -0.807. The SMILES string of the molecule is CC(=O)N(SC(=N)N)c1ccccc1COC(=O)C1=C(SCCN)C[C@@H]2[C@@H]([C@@H](C)O)C(=O)N12. The van der Waals surface area contributed by atoms with Crippen LogP contribution >= 0.6 is 23.7 Å². The number of esters is 1. The van der Waals surface area contributed by atoms with Gasteiger partial charge in [-0.15, -0.1) is 11.8 Å². The van der Waals surface area contributed by atoms with Crippen molar-refractivity contribution in [3.8, 4) is 0 Å². The van der Waals surface area contributed by atoms with Gasteiger partial charge in [-0.3, -0.25) is 15.0 Å². The average Bonchev–Trinajstić information content (AvgIpc) is 3.08. The summed E-state index contributed by atoms with van der Waals surface area (Å²) in [6.45, 7) is 3.18. The number of nitrogens with one attached hydrogen (secondary N) is 1. The highest BCUT2D eigenvalue weighted by molar-refractivity contribution is 8.15. The summed E-state index contributed by atoms with van der Waals surface area (Å²) in [6.07, 6.45) is -0.335. The summed E-state index contributed by atoms with van der Waals surface area (Å²) in [5.74, 6) is -1.26. The van der Waals surface area contributed by atoms with Crippen LogP contribution in [0.4, 0.5) is 5.69 Å². The number of carbonyl (C=O) groups excluding carboxylic acids is 3. The Kier molecular flexibility index (Phi) is 8.05. The van der Waals surface area contributed by atoms with Crippen molar-refractivity contribution in [2.24, 2.45) is 17.4 Å². The van der Waals surface area contributed by atoms with E-state index in [0.717, 1.165) is 16.9 Å². The van der Waals surface area contributed by atoms with E-state index in [0.29, 0.717) is 30.0 Å². The van der Waals surface area contributed by atoms with Gasteiger partial charge in [-0.25, -0.2) is 9.10 Å². The van der Waals surface area contributed by atoms with Gasteiger partial charge in [0.15, 0.2) is 5.17 Å². The maximum atomic E-state index is 13.1. The summed E-state index contributed by atoms with van der Waals surface area (Å²) >= 11 is 2.17. The number of aliphatic hydroxyl groups excluding tert-OH is 1. The van der Waals surface area contributed by atoms with E-state index in [4.69, 9.17) is 21.6 Å². The Labute approximate surface area is 200 Å². The van der Waals surface area contributed by atoms with Crippen LogP contribution in [-0.2, 0) is 25.7 Å². The van der Waals surface area contributed by atoms with Crippen LogP contribution in [0.1, 0.15) is 25.8 Å². The number of β-lactam (4-membered cyclic amide) rings is 1. The van der Waals surface area contributed by atoms with Crippen LogP contribution in [0, 0.1) is 11.3 Å². The molecule has 1 aromatic carbocycles. The molecule has 0 unspecified atom stereocenters. The van der Waals surface area contributed by atoms with Gasteiger partial charge in [0, 0.05) is 48.1 Å². The number of thioether (sulfide) groups is 1. The molecular weight excluding hydrogens is 466 g/mol. The van der Waals surface area contributed by atoms with Gasteiger partial charge in [-0.1, -0.05) is 18.2 Å². The third kappa shape index (κ3) is 5.18. The molecule has 2 aliphatic heterocycles. The lowest BCUT2D eigenvalue weighted by molar-refractivity contribution is -0.162. The van der Waals surface area contributed by atoms with E-state index in [1.807, 2.05) is 0 Å². The minimum Gasteiger partial charge on any atom is -0.456 e. The van der Waals surface area contributed by atoms with Crippen LogP contribution in [0.2, 0.25) is 0 Å². The molecule has 2 amide bonds. The van der Waals surface area contributed by atoms with E-state index in [1.165, 1.54) is 27.9 Å². The molecule has 1 aromatic rings. The Morgan fingerprint density at radius 2 is 2.09 bits per heavy atom. The predicted molar refractivity (Wildman–Crippen MR) is 128 cm³/mol. The minimum absolute atomic E-state index is 0.151. The molecule has 178 valence electrons. The zero-order chi connectivity index (χ0) is 24.3. The number of hydrogen-bond donors (Lipinski definition) is 4. The first-order valence-corrected chi connectivity index (χ1v) is 12.1. The molecule has 6 N–H and O–H groups in total. The molecule has 0 aliphatic carbocycles. The molecule has 1 fully saturated rings. The Balaban J connectivity index is 1.80. The van der Waals surface area contributed by atoms with Crippen LogP contribution in [0.15, 0.2) is 34.9 Å². The number of nitrogens with two attached hydrogens (primary N) is 2. The molecule has 0 spiro atoms. The van der Waals surface area contributed by atoms with E-state index in [2.05, 4.69) is 0 Å². The number of carbonyl (C=O) groups is 3. The maximum absolute atomic E-state index is 13.1. The molecule has 0 aromatic heterocycles. The number of rotatable bonds is 8. The number of anilines is 1. The average molecular weight is 494 g/mol. The van der Waals surface area contributed by atoms with Crippen molar-refractivity contribution in [3.63, 3.8) is 0 Å². The summed E-state index contributed by atoms with van der Waals surface area (Å²) in [5.41, 5.74) is 12.3. The Morgan fingerprint density at radius 3 is 2.70 bits per heavy atom. The van der Waals surface area contributed by atoms with E-state index in [9.17, 15) is 19.5 Å². The van der Waals surface area contributed by atoms with Gasteiger partial charge in [-0.2, -0.15) is 0 Å². The van der Waals surface area contributed by atoms with Crippen molar-refractivity contribution in [1.29, 1.82) is 5.41 Å². The van der Waals surface area contributed by atoms with Crippen molar-refractivity contribution >= 4 is 52.3 Å². The number of para-hydroxylation sites is 1. The Morgan fingerprint density at radius 1 is 1.39 bits per heavy atom. The quantitative estimate of drug-likeness (QED) is 0.137. The fourth-order valence-corrected chi connectivity index (χ4v) is 5.53. The van der Waals surface area contributed by atoms with Crippen molar-refractivity contribution in [2.75, 3.05) is 16.6 Å². The molecule has 12 heteroatoms. The first-order valence-electron chi connectivity index (χ1n) is 10.3. The molecule has 3 rings (SSSR count). The molecule has 10 nitrogen and oxygen atoms in total. The number of hydrogen-bond acceptors (Lipinski definition) is 9. The normalized spacial score (nSPS) is 20.2. The highest BCUT2D eigenvalue weighted by atomic mass is 32.2. The van der Waals surface area contributed by atoms with E-state index in [1.54, 1.807) is 31.2 Å². The second-order valence-corrected chi connectivity index (χ2v) is 9.81. The van der Waals surface area contributed by atoms with E-state index < -0.39 is 18.0 Å². The van der Waals surface area contributed by atoms with Gasteiger partial charge < -0.3 is 26.2 Å². The molecule has 0 saturated carbocycles. The van der Waals surface area contributed by atoms with Crippen molar-refractivity contribution in [1.82, 2.24) is 4.90 Å². The molecule has 0 bridgehead atoms.